The Morgan fingerprint density at radius 3 is 1.51 bits per heavy atom. The Hall–Kier alpha value is -4.49. The van der Waals surface area contributed by atoms with Crippen LogP contribution in [0.4, 0.5) is 11.4 Å². The Morgan fingerprint density at radius 1 is 0.744 bits per heavy atom. The van der Waals surface area contributed by atoms with Crippen molar-refractivity contribution in [1.82, 2.24) is 0 Å². The van der Waals surface area contributed by atoms with Gasteiger partial charge in [0.05, 0.1) is 0 Å². The van der Waals surface area contributed by atoms with Crippen LogP contribution in [0.15, 0.2) is 91.9 Å². The fourth-order valence-electron chi connectivity index (χ4n) is 3.75. The molecule has 2 aromatic rings. The minimum absolute atomic E-state index is 0.00115. The molecule has 1 saturated carbocycles. The molecule has 0 spiro atoms. The van der Waals surface area contributed by atoms with Crippen molar-refractivity contribution in [3.8, 4) is 0 Å². The molecule has 3 rings (SSSR count). The second-order valence-corrected chi connectivity index (χ2v) is 10.8. The van der Waals surface area contributed by atoms with E-state index in [0.29, 0.717) is 30.4 Å². The third-order valence-corrected chi connectivity index (χ3v) is 7.31. The van der Waals surface area contributed by atoms with E-state index in [2.05, 4.69) is 20.1 Å². The second kappa shape index (κ2) is 12.4. The van der Waals surface area contributed by atoms with Crippen LogP contribution in [0.25, 0.3) is 33.0 Å². The average Bonchev–Trinajstić information content (AvgIpc) is 2.86. The molecule has 2 aromatic carbocycles. The predicted octanol–water partition coefficient (Wildman–Crippen LogP) is 6.40. The van der Waals surface area contributed by atoms with Crippen molar-refractivity contribution in [1.29, 1.82) is 0 Å². The maximum atomic E-state index is 12.9. The molecule has 1 fully saturated rings. The fraction of sp³-hybridized carbons (Fsp3) is 0.125. The van der Waals surface area contributed by atoms with E-state index in [9.17, 15) is 30.7 Å². The van der Waals surface area contributed by atoms with Gasteiger partial charge >= 0.3 is 0 Å². The monoisotopic (exact) mass is 568 g/mol. The smallest absolute Gasteiger partial charge is 0.289 e. The molecular formula is C24H20N6O7S2. The highest BCUT2D eigenvalue weighted by Crippen LogP contribution is 2.28. The standard InChI is InChI=1S/C24H20N6O7S2/c25-29-27-20-12-10-16(22(14-20)38(32,33)34)4-1-6-18-8-3-9-19(24(18)31)7-2-5-17-11-13-21(28-30-26)15-23(17)39(35,36)37/h1-2,4-7,10-15H,3,8-9H2,(H,32,33,34)(H,35,36,37). The van der Waals surface area contributed by atoms with Gasteiger partial charge in [-0.2, -0.15) is 16.8 Å². The Kier molecular flexibility index (Phi) is 9.22. The number of carbonyl (C=O) groups excluding carboxylic acids is 1. The molecule has 1 aliphatic rings. The van der Waals surface area contributed by atoms with Gasteiger partial charge in [-0.3, -0.25) is 13.9 Å². The van der Waals surface area contributed by atoms with Crippen LogP contribution in [0.3, 0.4) is 0 Å². The van der Waals surface area contributed by atoms with E-state index in [1.807, 2.05) is 0 Å². The number of allylic oxidation sites excluding steroid dienone is 6. The van der Waals surface area contributed by atoms with Gasteiger partial charge in [-0.05, 0) is 64.7 Å². The summed E-state index contributed by atoms with van der Waals surface area (Å²) in [5, 5.41) is 6.64. The molecule has 200 valence electrons. The summed E-state index contributed by atoms with van der Waals surface area (Å²) < 4.78 is 65.9. The summed E-state index contributed by atoms with van der Waals surface area (Å²) >= 11 is 0. The molecule has 0 bridgehead atoms. The second-order valence-electron chi connectivity index (χ2n) is 8.06. The summed E-state index contributed by atoms with van der Waals surface area (Å²) in [4.78, 5) is 17.2. The van der Waals surface area contributed by atoms with Gasteiger partial charge in [-0.25, -0.2) is 0 Å². The van der Waals surface area contributed by atoms with Gasteiger partial charge in [0.25, 0.3) is 20.2 Å². The third-order valence-electron chi connectivity index (χ3n) is 5.49. The van der Waals surface area contributed by atoms with Crippen molar-refractivity contribution in [2.24, 2.45) is 10.2 Å². The van der Waals surface area contributed by atoms with Crippen LogP contribution in [-0.2, 0) is 25.0 Å². The van der Waals surface area contributed by atoms with Crippen LogP contribution >= 0.6 is 0 Å². The Bertz CT molecular complexity index is 1630. The molecule has 2 N–H and O–H groups in total. The van der Waals surface area contributed by atoms with Crippen molar-refractivity contribution in [2.75, 3.05) is 0 Å². The molecule has 0 radical (unpaired) electrons. The molecule has 0 aliphatic heterocycles. The Labute approximate surface area is 223 Å². The van der Waals surface area contributed by atoms with Crippen LogP contribution in [0.2, 0.25) is 0 Å². The number of hydrogen-bond donors (Lipinski definition) is 2. The number of azide groups is 2. The Morgan fingerprint density at radius 2 is 1.15 bits per heavy atom. The number of rotatable bonds is 8. The summed E-state index contributed by atoms with van der Waals surface area (Å²) in [6.45, 7) is 0. The highest BCUT2D eigenvalue weighted by atomic mass is 32.2. The lowest BCUT2D eigenvalue weighted by molar-refractivity contribution is -0.113. The van der Waals surface area contributed by atoms with Crippen LogP contribution in [0.1, 0.15) is 30.4 Å². The number of ketones is 1. The molecule has 0 amide bonds. The molecule has 0 atom stereocenters. The fourth-order valence-corrected chi connectivity index (χ4v) is 5.16. The minimum atomic E-state index is -4.61. The van der Waals surface area contributed by atoms with E-state index in [0.717, 1.165) is 12.1 Å². The highest BCUT2D eigenvalue weighted by Gasteiger charge is 2.20. The van der Waals surface area contributed by atoms with Crippen molar-refractivity contribution >= 4 is 49.5 Å². The summed E-state index contributed by atoms with van der Waals surface area (Å²) in [6, 6.07) is 7.49. The topological polar surface area (TPSA) is 223 Å². The number of nitrogens with zero attached hydrogens (tertiary/aromatic N) is 6. The summed E-state index contributed by atoms with van der Waals surface area (Å²) in [6.07, 6.45) is 10.4. The number of Topliss-reactive ketones (excluding diaryl/α,β-unsaturated/α-hetero) is 1. The van der Waals surface area contributed by atoms with Crippen LogP contribution in [0.5, 0.6) is 0 Å². The van der Waals surface area contributed by atoms with Crippen LogP contribution < -0.4 is 0 Å². The van der Waals surface area contributed by atoms with Crippen LogP contribution in [0, 0.1) is 0 Å². The molecule has 0 saturated heterocycles. The molecule has 0 aromatic heterocycles. The molecular weight excluding hydrogens is 548 g/mol. The summed E-state index contributed by atoms with van der Waals surface area (Å²) in [5.74, 6) is -0.252. The van der Waals surface area contributed by atoms with Gasteiger partial charge in [0, 0.05) is 21.2 Å². The maximum absolute atomic E-state index is 12.9. The SMILES string of the molecule is [N-]=[N+]=Nc1ccc(C=CC=C2CCCC(=CC=Cc3ccc(N=[N+]=[N-])cc3S(=O)(=O)O)C2=O)c(S(=O)(=O)O)c1. The molecule has 0 unspecified atom stereocenters. The summed E-state index contributed by atoms with van der Waals surface area (Å²) in [7, 11) is -9.23. The van der Waals surface area contributed by atoms with Gasteiger partial charge in [-0.1, -0.05) is 71.0 Å². The number of carbonyl (C=O) groups is 1. The lowest BCUT2D eigenvalue weighted by atomic mass is 9.88. The average molecular weight is 569 g/mol. The zero-order chi connectivity index (χ0) is 28.6. The van der Waals surface area contributed by atoms with Crippen molar-refractivity contribution in [2.45, 2.75) is 29.1 Å². The first-order valence-corrected chi connectivity index (χ1v) is 13.9. The van der Waals surface area contributed by atoms with Gasteiger partial charge in [0.15, 0.2) is 5.78 Å². The van der Waals surface area contributed by atoms with E-state index in [4.69, 9.17) is 11.1 Å². The molecule has 13 nitrogen and oxygen atoms in total. The first-order valence-electron chi connectivity index (χ1n) is 11.1. The number of hydrogen-bond acceptors (Lipinski definition) is 7. The van der Waals surface area contributed by atoms with Gasteiger partial charge < -0.3 is 0 Å². The normalized spacial score (nSPS) is 16.5. The maximum Gasteiger partial charge on any atom is 0.295 e. The van der Waals surface area contributed by atoms with Gasteiger partial charge in [0.2, 0.25) is 0 Å². The Balaban J connectivity index is 1.85. The first-order chi connectivity index (χ1) is 18.4. The molecule has 15 heteroatoms. The van der Waals surface area contributed by atoms with Crippen LogP contribution in [-0.4, -0.2) is 31.7 Å². The number of benzene rings is 2. The zero-order valence-electron chi connectivity index (χ0n) is 20.0. The molecule has 0 heterocycles. The van der Waals surface area contributed by atoms with E-state index in [1.165, 1.54) is 60.7 Å². The van der Waals surface area contributed by atoms with E-state index in [-0.39, 0.29) is 28.3 Å². The largest absolute Gasteiger partial charge is 0.295 e. The van der Waals surface area contributed by atoms with E-state index in [1.54, 1.807) is 0 Å². The lowest BCUT2D eigenvalue weighted by Crippen LogP contribution is -2.12. The summed E-state index contributed by atoms with van der Waals surface area (Å²) in [5.41, 5.74) is 18.2. The van der Waals surface area contributed by atoms with E-state index < -0.39 is 30.0 Å². The predicted molar refractivity (Wildman–Crippen MR) is 143 cm³/mol. The van der Waals surface area contributed by atoms with Crippen molar-refractivity contribution < 1.29 is 30.7 Å². The van der Waals surface area contributed by atoms with Gasteiger partial charge in [0.1, 0.15) is 9.79 Å². The first kappa shape index (κ1) is 29.1. The molecule has 1 aliphatic carbocycles. The highest BCUT2D eigenvalue weighted by molar-refractivity contribution is 7.86. The van der Waals surface area contributed by atoms with Crippen molar-refractivity contribution in [3.05, 3.63) is 104 Å². The minimum Gasteiger partial charge on any atom is -0.289 e. The van der Waals surface area contributed by atoms with Crippen molar-refractivity contribution in [3.63, 3.8) is 0 Å². The van der Waals surface area contributed by atoms with E-state index >= 15 is 0 Å². The lowest BCUT2D eigenvalue weighted by Gasteiger charge is -2.15. The third kappa shape index (κ3) is 7.75. The molecule has 39 heavy (non-hydrogen) atoms. The zero-order valence-corrected chi connectivity index (χ0v) is 21.6. The quantitative estimate of drug-likeness (QED) is 0.120. The van der Waals surface area contributed by atoms with Gasteiger partial charge in [-0.15, -0.1) is 0 Å².